The van der Waals surface area contributed by atoms with Crippen LogP contribution in [0.3, 0.4) is 0 Å². The Hall–Kier alpha value is -2.99. The molecule has 0 radical (unpaired) electrons. The summed E-state index contributed by atoms with van der Waals surface area (Å²) >= 11 is 6.14. The number of nitrogens with one attached hydrogen (secondary N) is 1. The van der Waals surface area contributed by atoms with Crippen molar-refractivity contribution in [2.45, 2.75) is 25.7 Å². The number of rotatable bonds is 6. The number of hydrogen-bond donors (Lipinski definition) is 1. The predicted octanol–water partition coefficient (Wildman–Crippen LogP) is 4.80. The molecule has 6 nitrogen and oxygen atoms in total. The van der Waals surface area contributed by atoms with Crippen molar-refractivity contribution in [2.24, 2.45) is 0 Å². The van der Waals surface area contributed by atoms with Gasteiger partial charge in [-0.05, 0) is 30.7 Å². The Kier molecular flexibility index (Phi) is 5.45. The molecule has 0 saturated heterocycles. The largest absolute Gasteiger partial charge is 0.493 e. The van der Waals surface area contributed by atoms with Crippen molar-refractivity contribution in [1.82, 2.24) is 9.78 Å². The molecule has 4 rings (SSSR count). The summed E-state index contributed by atoms with van der Waals surface area (Å²) in [5.41, 5.74) is 2.63. The summed E-state index contributed by atoms with van der Waals surface area (Å²) in [7, 11) is 1.62. The first-order chi connectivity index (χ1) is 14.1. The number of benzene rings is 2. The number of para-hydroxylation sites is 1. The standard InChI is InChI=1S/C22H22ClN3O3/c1-3-10-29-21-16(8-5-9-19(21)28-2)17-12-20(27)25-22-18(17)13-24-26(22)15-7-4-6-14(23)11-15/h4-9,11,13,17H,3,10,12H2,1-2H3,(H,25,27)/t17-/m0/s1. The second-order valence-corrected chi connectivity index (χ2v) is 7.31. The highest BCUT2D eigenvalue weighted by atomic mass is 35.5. The van der Waals surface area contributed by atoms with Gasteiger partial charge in [-0.3, -0.25) is 4.79 Å². The van der Waals surface area contributed by atoms with Crippen LogP contribution in [0.15, 0.2) is 48.7 Å². The maximum absolute atomic E-state index is 12.6. The van der Waals surface area contributed by atoms with E-state index in [-0.39, 0.29) is 11.8 Å². The number of amides is 1. The van der Waals surface area contributed by atoms with Gasteiger partial charge < -0.3 is 14.8 Å². The summed E-state index contributed by atoms with van der Waals surface area (Å²) in [6, 6.07) is 13.1. The monoisotopic (exact) mass is 411 g/mol. The first-order valence-corrected chi connectivity index (χ1v) is 9.93. The maximum atomic E-state index is 12.6. The summed E-state index contributed by atoms with van der Waals surface area (Å²) in [5.74, 6) is 1.73. The zero-order chi connectivity index (χ0) is 20.4. The topological polar surface area (TPSA) is 65.4 Å². The second-order valence-electron chi connectivity index (χ2n) is 6.87. The van der Waals surface area contributed by atoms with Gasteiger partial charge in [0, 0.05) is 28.5 Å². The average Bonchev–Trinajstić information content (AvgIpc) is 3.15. The van der Waals surface area contributed by atoms with Crippen molar-refractivity contribution in [3.63, 3.8) is 0 Å². The number of anilines is 1. The van der Waals surface area contributed by atoms with Gasteiger partial charge in [-0.15, -0.1) is 0 Å². The molecule has 1 aliphatic rings. The molecule has 150 valence electrons. The fourth-order valence-corrected chi connectivity index (χ4v) is 3.81. The van der Waals surface area contributed by atoms with E-state index in [4.69, 9.17) is 21.1 Å². The van der Waals surface area contributed by atoms with Gasteiger partial charge in [-0.1, -0.05) is 36.7 Å². The van der Waals surface area contributed by atoms with Crippen LogP contribution >= 0.6 is 11.6 Å². The first kappa shape index (κ1) is 19.3. The van der Waals surface area contributed by atoms with Crippen molar-refractivity contribution >= 4 is 23.3 Å². The van der Waals surface area contributed by atoms with Crippen molar-refractivity contribution in [2.75, 3.05) is 19.0 Å². The molecule has 1 aromatic heterocycles. The quantitative estimate of drug-likeness (QED) is 0.632. The number of aromatic nitrogens is 2. The van der Waals surface area contributed by atoms with E-state index in [2.05, 4.69) is 17.3 Å². The molecule has 1 aliphatic heterocycles. The molecule has 0 unspecified atom stereocenters. The molecule has 0 aliphatic carbocycles. The lowest BCUT2D eigenvalue weighted by Crippen LogP contribution is -2.25. The zero-order valence-electron chi connectivity index (χ0n) is 16.3. The molecular weight excluding hydrogens is 390 g/mol. The Morgan fingerprint density at radius 1 is 1.24 bits per heavy atom. The van der Waals surface area contributed by atoms with Crippen LogP contribution in [0.5, 0.6) is 11.5 Å². The molecule has 1 atom stereocenters. The smallest absolute Gasteiger partial charge is 0.226 e. The fraction of sp³-hybridized carbons (Fsp3) is 0.273. The van der Waals surface area contributed by atoms with Crippen molar-refractivity contribution in [1.29, 1.82) is 0 Å². The molecule has 7 heteroatoms. The fourth-order valence-electron chi connectivity index (χ4n) is 3.63. The van der Waals surface area contributed by atoms with E-state index in [1.807, 2.05) is 36.4 Å². The highest BCUT2D eigenvalue weighted by molar-refractivity contribution is 6.30. The van der Waals surface area contributed by atoms with Crippen LogP contribution in [0.4, 0.5) is 5.82 Å². The summed E-state index contributed by atoms with van der Waals surface area (Å²) in [6.45, 7) is 2.62. The zero-order valence-corrected chi connectivity index (χ0v) is 17.1. The predicted molar refractivity (Wildman–Crippen MR) is 112 cm³/mol. The van der Waals surface area contributed by atoms with Gasteiger partial charge in [-0.25, -0.2) is 4.68 Å². The maximum Gasteiger partial charge on any atom is 0.226 e. The van der Waals surface area contributed by atoms with E-state index in [1.165, 1.54) is 0 Å². The van der Waals surface area contributed by atoms with Gasteiger partial charge in [0.1, 0.15) is 5.82 Å². The van der Waals surface area contributed by atoms with Crippen LogP contribution in [0.25, 0.3) is 5.69 Å². The van der Waals surface area contributed by atoms with Gasteiger partial charge in [0.05, 0.1) is 25.6 Å². The SMILES string of the molecule is CCCOc1c(OC)cccc1[C@@H]1CC(=O)Nc2c1cnn2-c1cccc(Cl)c1. The Bertz CT molecular complexity index is 1050. The Morgan fingerprint density at radius 2 is 2.07 bits per heavy atom. The molecule has 2 heterocycles. The van der Waals surface area contributed by atoms with Gasteiger partial charge in [0.15, 0.2) is 11.5 Å². The first-order valence-electron chi connectivity index (χ1n) is 9.55. The van der Waals surface area contributed by atoms with Gasteiger partial charge in [0.25, 0.3) is 0 Å². The minimum absolute atomic E-state index is 0.0736. The Morgan fingerprint density at radius 3 is 2.83 bits per heavy atom. The van der Waals surface area contributed by atoms with Crippen molar-refractivity contribution in [3.8, 4) is 17.2 Å². The number of carbonyl (C=O) groups is 1. The minimum atomic E-state index is -0.186. The second kappa shape index (κ2) is 8.17. The van der Waals surface area contributed by atoms with Gasteiger partial charge in [-0.2, -0.15) is 5.10 Å². The number of halogens is 1. The number of ether oxygens (including phenoxy) is 2. The molecule has 0 spiro atoms. The highest BCUT2D eigenvalue weighted by Crippen LogP contribution is 2.44. The van der Waals surface area contributed by atoms with Crippen LogP contribution in [0.1, 0.15) is 36.8 Å². The number of hydrogen-bond acceptors (Lipinski definition) is 4. The molecule has 3 aromatic rings. The number of methoxy groups -OCH3 is 1. The molecule has 1 amide bonds. The van der Waals surface area contributed by atoms with Crippen LogP contribution in [-0.2, 0) is 4.79 Å². The Balaban J connectivity index is 1.82. The lowest BCUT2D eigenvalue weighted by molar-refractivity contribution is -0.116. The third kappa shape index (κ3) is 3.68. The van der Waals surface area contributed by atoms with Crippen LogP contribution in [-0.4, -0.2) is 29.4 Å². The number of fused-ring (bicyclic) bond motifs is 1. The lowest BCUT2D eigenvalue weighted by atomic mass is 9.86. The van der Waals surface area contributed by atoms with E-state index in [1.54, 1.807) is 24.1 Å². The van der Waals surface area contributed by atoms with E-state index < -0.39 is 0 Å². The van der Waals surface area contributed by atoms with E-state index in [0.29, 0.717) is 35.4 Å². The summed E-state index contributed by atoms with van der Waals surface area (Å²) in [4.78, 5) is 12.6. The van der Waals surface area contributed by atoms with Crippen LogP contribution in [0.2, 0.25) is 5.02 Å². The van der Waals surface area contributed by atoms with Gasteiger partial charge >= 0.3 is 0 Å². The molecular formula is C22H22ClN3O3. The van der Waals surface area contributed by atoms with E-state index in [9.17, 15) is 4.79 Å². The summed E-state index contributed by atoms with van der Waals surface area (Å²) < 4.78 is 13.2. The van der Waals surface area contributed by atoms with Gasteiger partial charge in [0.2, 0.25) is 5.91 Å². The lowest BCUT2D eigenvalue weighted by Gasteiger charge is -2.26. The summed E-state index contributed by atoms with van der Waals surface area (Å²) in [5, 5.41) is 8.09. The van der Waals surface area contributed by atoms with Crippen LogP contribution in [0, 0.1) is 0 Å². The van der Waals surface area contributed by atoms with Crippen molar-refractivity contribution in [3.05, 3.63) is 64.8 Å². The molecule has 2 aromatic carbocycles. The van der Waals surface area contributed by atoms with E-state index >= 15 is 0 Å². The average molecular weight is 412 g/mol. The normalized spacial score (nSPS) is 15.6. The molecule has 0 saturated carbocycles. The minimum Gasteiger partial charge on any atom is -0.493 e. The molecule has 1 N–H and O–H groups in total. The highest BCUT2D eigenvalue weighted by Gasteiger charge is 2.33. The molecule has 0 bridgehead atoms. The number of nitrogens with zero attached hydrogens (tertiary/aromatic N) is 2. The van der Waals surface area contributed by atoms with Crippen molar-refractivity contribution < 1.29 is 14.3 Å². The van der Waals surface area contributed by atoms with Crippen LogP contribution < -0.4 is 14.8 Å². The molecule has 0 fully saturated rings. The van der Waals surface area contributed by atoms with E-state index in [0.717, 1.165) is 23.2 Å². The summed E-state index contributed by atoms with van der Waals surface area (Å²) in [6.07, 6.45) is 2.98. The molecule has 29 heavy (non-hydrogen) atoms. The Labute approximate surface area is 174 Å². The third-order valence-corrected chi connectivity index (χ3v) is 5.16. The number of carbonyl (C=O) groups excluding carboxylic acids is 1. The third-order valence-electron chi connectivity index (χ3n) is 4.93.